The van der Waals surface area contributed by atoms with Crippen molar-refractivity contribution in [3.05, 3.63) is 0 Å². The van der Waals surface area contributed by atoms with Gasteiger partial charge in [-0.15, -0.1) is 0 Å². The highest BCUT2D eigenvalue weighted by Crippen LogP contribution is 1.99. The largest absolute Gasteiger partial charge is 0.465 e. The first-order chi connectivity index (χ1) is 25.4. The number of nitrogens with one attached hydrogen (secondary N) is 3. The molecule has 0 aliphatic rings. The lowest BCUT2D eigenvalue weighted by Crippen LogP contribution is -2.46. The Morgan fingerprint density at radius 1 is 0.377 bits per heavy atom. The van der Waals surface area contributed by atoms with E-state index in [1.807, 2.05) is 11.8 Å². The smallest absolute Gasteiger partial charge is 0.320 e. The molecule has 0 heterocycles. The Balaban J connectivity index is 4.85. The summed E-state index contributed by atoms with van der Waals surface area (Å²) in [6.07, 6.45) is 0. The Morgan fingerprint density at radius 3 is 0.925 bits per heavy atom. The zero-order valence-corrected chi connectivity index (χ0v) is 32.5. The van der Waals surface area contributed by atoms with Gasteiger partial charge in [0, 0.05) is 52.4 Å². The van der Waals surface area contributed by atoms with Gasteiger partial charge in [0.15, 0.2) is 0 Å². The van der Waals surface area contributed by atoms with Crippen LogP contribution in [-0.4, -0.2) is 199 Å². The first kappa shape index (κ1) is 49.1. The molecule has 19 nitrogen and oxygen atoms in total. The summed E-state index contributed by atoms with van der Waals surface area (Å²) in [5.74, 6) is -2.99. The molecule has 0 radical (unpaired) electrons. The van der Waals surface area contributed by atoms with E-state index in [1.165, 1.54) is 4.90 Å². The topological polar surface area (TPSA) is 215 Å². The average Bonchev–Trinajstić information content (AvgIpc) is 3.08. The maximum atomic E-state index is 12.7. The summed E-state index contributed by atoms with van der Waals surface area (Å²) >= 11 is 0. The van der Waals surface area contributed by atoms with Crippen LogP contribution < -0.4 is 16.0 Å². The maximum Gasteiger partial charge on any atom is 0.320 e. The second-order valence-corrected chi connectivity index (χ2v) is 11.5. The van der Waals surface area contributed by atoms with Crippen LogP contribution >= 0.6 is 0 Å². The SMILES string of the molecule is CCOC(=O)CN(CC)CCN(CC(=O)NCCNCCNC(=O)CN(CCN(CC(=O)OCC)CC(=O)OCC)CC(=O)OCC)CC(=O)OCC. The van der Waals surface area contributed by atoms with Crippen molar-refractivity contribution in [1.29, 1.82) is 0 Å². The molecule has 0 fully saturated rings. The van der Waals surface area contributed by atoms with Crippen LogP contribution in [0.3, 0.4) is 0 Å². The van der Waals surface area contributed by atoms with Gasteiger partial charge in [-0.1, -0.05) is 6.92 Å². The third-order valence-electron chi connectivity index (χ3n) is 7.18. The Hall–Kier alpha value is -3.91. The van der Waals surface area contributed by atoms with Crippen LogP contribution in [-0.2, 0) is 57.2 Å². The van der Waals surface area contributed by atoms with E-state index >= 15 is 0 Å². The average molecular weight is 762 g/mol. The fourth-order valence-electron chi connectivity index (χ4n) is 4.73. The van der Waals surface area contributed by atoms with Gasteiger partial charge in [0.1, 0.15) is 0 Å². The summed E-state index contributed by atoms with van der Waals surface area (Å²) in [6, 6.07) is 0. The molecule has 0 spiro atoms. The monoisotopic (exact) mass is 761 g/mol. The number of ether oxygens (including phenoxy) is 5. The lowest BCUT2D eigenvalue weighted by Gasteiger charge is -2.25. The summed E-state index contributed by atoms with van der Waals surface area (Å²) < 4.78 is 25.1. The van der Waals surface area contributed by atoms with Crippen molar-refractivity contribution in [1.82, 2.24) is 35.6 Å². The number of rotatable bonds is 32. The van der Waals surface area contributed by atoms with E-state index in [1.54, 1.807) is 44.4 Å². The minimum atomic E-state index is -0.521. The Morgan fingerprint density at radius 2 is 0.642 bits per heavy atom. The molecule has 0 bridgehead atoms. The van der Waals surface area contributed by atoms with Gasteiger partial charge in [-0.2, -0.15) is 0 Å². The second kappa shape index (κ2) is 31.6. The van der Waals surface area contributed by atoms with E-state index < -0.39 is 23.9 Å². The summed E-state index contributed by atoms with van der Waals surface area (Å²) in [5, 5.41) is 8.70. The number of carbonyl (C=O) groups is 7. The normalized spacial score (nSPS) is 11.1. The number of amides is 2. The minimum Gasteiger partial charge on any atom is -0.465 e. The fraction of sp³-hybridized carbons (Fsp3) is 0.794. The molecule has 19 heteroatoms. The van der Waals surface area contributed by atoms with Crippen molar-refractivity contribution < 1.29 is 57.2 Å². The molecule has 0 aliphatic heterocycles. The molecule has 53 heavy (non-hydrogen) atoms. The van der Waals surface area contributed by atoms with E-state index in [4.69, 9.17) is 23.7 Å². The Bertz CT molecular complexity index is 1080. The van der Waals surface area contributed by atoms with Gasteiger partial charge in [-0.05, 0) is 41.2 Å². The minimum absolute atomic E-state index is 0.0441. The molecule has 0 saturated carbocycles. The van der Waals surface area contributed by atoms with Gasteiger partial charge >= 0.3 is 29.8 Å². The molecule has 306 valence electrons. The third kappa shape index (κ3) is 27.4. The quantitative estimate of drug-likeness (QED) is 0.0379. The highest BCUT2D eigenvalue weighted by molar-refractivity contribution is 5.80. The Labute approximate surface area is 313 Å². The summed E-state index contributed by atoms with van der Waals surface area (Å²) in [7, 11) is 0. The summed E-state index contributed by atoms with van der Waals surface area (Å²) in [4.78, 5) is 92.5. The molecular weight excluding hydrogens is 698 g/mol. The van der Waals surface area contributed by atoms with Gasteiger partial charge in [0.2, 0.25) is 11.8 Å². The number of nitrogens with zero attached hydrogens (tertiary/aromatic N) is 4. The van der Waals surface area contributed by atoms with E-state index in [0.717, 1.165) is 0 Å². The van der Waals surface area contributed by atoms with Gasteiger partial charge in [0.05, 0.1) is 78.8 Å². The van der Waals surface area contributed by atoms with E-state index in [-0.39, 0.29) is 116 Å². The van der Waals surface area contributed by atoms with Crippen molar-refractivity contribution in [2.45, 2.75) is 41.5 Å². The van der Waals surface area contributed by atoms with E-state index in [9.17, 15) is 33.6 Å². The Kier molecular flexibility index (Phi) is 29.3. The van der Waals surface area contributed by atoms with Crippen molar-refractivity contribution in [3.63, 3.8) is 0 Å². The molecule has 0 unspecified atom stereocenters. The maximum absolute atomic E-state index is 12.7. The lowest BCUT2D eigenvalue weighted by molar-refractivity contribution is -0.149. The van der Waals surface area contributed by atoms with Crippen LogP contribution in [0.25, 0.3) is 0 Å². The van der Waals surface area contributed by atoms with Gasteiger partial charge in [-0.3, -0.25) is 53.2 Å². The number of hydrogen-bond donors (Lipinski definition) is 3. The summed E-state index contributed by atoms with van der Waals surface area (Å²) in [6.45, 7) is 13.9. The number of carbonyl (C=O) groups excluding carboxylic acids is 7. The standard InChI is InChI=1S/C34H63N7O12/c1-7-38(23-30(44)49-8-2)17-18-39(24-31(45)50-9-3)21-28(42)36-15-13-35-14-16-37-29(43)22-40(25-32(46)51-10-4)19-20-41(26-33(47)52-11-5)27-34(48)53-12-6/h35H,7-27H2,1-6H3,(H,36,42)(H,37,43). The third-order valence-corrected chi connectivity index (χ3v) is 7.18. The number of esters is 5. The fourth-order valence-corrected chi connectivity index (χ4v) is 4.73. The molecule has 0 aliphatic carbocycles. The molecule has 0 aromatic rings. The predicted octanol–water partition coefficient (Wildman–Crippen LogP) is -2.15. The van der Waals surface area contributed by atoms with Crippen LogP contribution in [0.4, 0.5) is 0 Å². The first-order valence-electron chi connectivity index (χ1n) is 18.3. The van der Waals surface area contributed by atoms with Crippen LogP contribution in [0.15, 0.2) is 0 Å². The predicted molar refractivity (Wildman–Crippen MR) is 193 cm³/mol. The molecule has 2 amide bonds. The van der Waals surface area contributed by atoms with Crippen molar-refractivity contribution in [2.24, 2.45) is 0 Å². The van der Waals surface area contributed by atoms with Gasteiger partial charge in [-0.25, -0.2) is 0 Å². The van der Waals surface area contributed by atoms with Crippen LogP contribution in [0.5, 0.6) is 0 Å². The van der Waals surface area contributed by atoms with Crippen molar-refractivity contribution in [2.75, 3.05) is 138 Å². The molecule has 0 aromatic carbocycles. The highest BCUT2D eigenvalue weighted by Gasteiger charge is 2.21. The zero-order valence-electron chi connectivity index (χ0n) is 32.5. The van der Waals surface area contributed by atoms with Crippen molar-refractivity contribution in [3.8, 4) is 0 Å². The van der Waals surface area contributed by atoms with E-state index in [0.29, 0.717) is 39.3 Å². The molecular formula is C34H63N7O12. The number of hydrogen-bond acceptors (Lipinski definition) is 17. The highest BCUT2D eigenvalue weighted by atomic mass is 16.5. The van der Waals surface area contributed by atoms with Crippen LogP contribution in [0, 0.1) is 0 Å². The van der Waals surface area contributed by atoms with Crippen molar-refractivity contribution >= 4 is 41.7 Å². The van der Waals surface area contributed by atoms with Crippen LogP contribution in [0.1, 0.15) is 41.5 Å². The van der Waals surface area contributed by atoms with E-state index in [2.05, 4.69) is 16.0 Å². The molecule has 3 N–H and O–H groups in total. The number of likely N-dealkylation sites (N-methyl/N-ethyl adjacent to an activating group) is 1. The van der Waals surface area contributed by atoms with Gasteiger partial charge < -0.3 is 39.6 Å². The zero-order chi connectivity index (χ0) is 39.9. The molecule has 0 rings (SSSR count). The molecule has 0 saturated heterocycles. The molecule has 0 aromatic heterocycles. The van der Waals surface area contributed by atoms with Gasteiger partial charge in [0.25, 0.3) is 0 Å². The second-order valence-electron chi connectivity index (χ2n) is 11.5. The van der Waals surface area contributed by atoms with Crippen LogP contribution in [0.2, 0.25) is 0 Å². The lowest BCUT2D eigenvalue weighted by atomic mass is 10.3. The molecule has 0 atom stereocenters. The summed E-state index contributed by atoms with van der Waals surface area (Å²) in [5.41, 5.74) is 0. The first-order valence-corrected chi connectivity index (χ1v) is 18.3.